The lowest BCUT2D eigenvalue weighted by molar-refractivity contribution is -0.139. The highest BCUT2D eigenvalue weighted by Gasteiger charge is 2.25. The lowest BCUT2D eigenvalue weighted by Crippen LogP contribution is -2.54. The second-order valence-corrected chi connectivity index (χ2v) is 6.91. The number of amides is 3. The molecule has 2 rings (SSSR count). The number of nitrogens with one attached hydrogen (secondary N) is 1. The summed E-state index contributed by atoms with van der Waals surface area (Å²) in [6.07, 6.45) is 0.373. The van der Waals surface area contributed by atoms with Gasteiger partial charge in [-0.3, -0.25) is 14.4 Å². The van der Waals surface area contributed by atoms with Crippen LogP contribution in [-0.4, -0.2) is 66.3 Å². The SMILES string of the molecule is CC(C)[C@H](N)C(=O)NCC(=O)N1CCN(C(=O)Cc2ccccc2)CC1. The molecule has 1 saturated heterocycles. The summed E-state index contributed by atoms with van der Waals surface area (Å²) < 4.78 is 0. The van der Waals surface area contributed by atoms with Crippen LogP contribution in [0.2, 0.25) is 0 Å². The van der Waals surface area contributed by atoms with E-state index in [-0.39, 0.29) is 30.2 Å². The van der Waals surface area contributed by atoms with Gasteiger partial charge in [0.2, 0.25) is 17.7 Å². The number of benzene rings is 1. The van der Waals surface area contributed by atoms with Gasteiger partial charge >= 0.3 is 0 Å². The molecule has 1 aromatic carbocycles. The van der Waals surface area contributed by atoms with E-state index in [1.165, 1.54) is 0 Å². The Morgan fingerprint density at radius 1 is 1.00 bits per heavy atom. The van der Waals surface area contributed by atoms with Crippen LogP contribution >= 0.6 is 0 Å². The maximum absolute atomic E-state index is 12.3. The fraction of sp³-hybridized carbons (Fsp3) is 0.526. The Kier molecular flexibility index (Phi) is 7.15. The van der Waals surface area contributed by atoms with Crippen molar-refractivity contribution >= 4 is 17.7 Å². The van der Waals surface area contributed by atoms with Gasteiger partial charge in [-0.25, -0.2) is 0 Å². The molecular weight excluding hydrogens is 332 g/mol. The molecule has 1 aliphatic rings. The van der Waals surface area contributed by atoms with Crippen LogP contribution in [-0.2, 0) is 20.8 Å². The molecule has 1 fully saturated rings. The number of nitrogens with two attached hydrogens (primary N) is 1. The zero-order valence-corrected chi connectivity index (χ0v) is 15.5. The van der Waals surface area contributed by atoms with Crippen molar-refractivity contribution in [2.45, 2.75) is 26.3 Å². The number of carbonyl (C=O) groups is 3. The first-order valence-electron chi connectivity index (χ1n) is 9.01. The number of nitrogens with zero attached hydrogens (tertiary/aromatic N) is 2. The Morgan fingerprint density at radius 3 is 2.08 bits per heavy atom. The molecule has 7 heteroatoms. The minimum Gasteiger partial charge on any atom is -0.346 e. The van der Waals surface area contributed by atoms with E-state index in [1.807, 2.05) is 44.2 Å². The summed E-state index contributed by atoms with van der Waals surface area (Å²) in [5.41, 5.74) is 6.74. The molecule has 3 amide bonds. The van der Waals surface area contributed by atoms with Crippen LogP contribution in [0.15, 0.2) is 30.3 Å². The molecule has 142 valence electrons. The predicted octanol–water partition coefficient (Wildman–Crippen LogP) is -0.000600. The molecule has 0 aliphatic carbocycles. The molecule has 0 radical (unpaired) electrons. The molecular formula is C19H28N4O3. The lowest BCUT2D eigenvalue weighted by atomic mass is 10.1. The Hall–Kier alpha value is -2.41. The number of piperazine rings is 1. The van der Waals surface area contributed by atoms with Crippen LogP contribution < -0.4 is 11.1 Å². The van der Waals surface area contributed by atoms with E-state index in [0.717, 1.165) is 5.56 Å². The minimum atomic E-state index is -0.616. The van der Waals surface area contributed by atoms with E-state index in [9.17, 15) is 14.4 Å². The highest BCUT2D eigenvalue weighted by atomic mass is 16.2. The Balaban J connectivity index is 1.74. The molecule has 26 heavy (non-hydrogen) atoms. The monoisotopic (exact) mass is 360 g/mol. The van der Waals surface area contributed by atoms with Gasteiger partial charge in [-0.2, -0.15) is 0 Å². The quantitative estimate of drug-likeness (QED) is 0.746. The molecule has 0 bridgehead atoms. The average Bonchev–Trinajstić information content (AvgIpc) is 2.66. The average molecular weight is 360 g/mol. The third-order valence-corrected chi connectivity index (χ3v) is 4.62. The highest BCUT2D eigenvalue weighted by Crippen LogP contribution is 2.07. The third-order valence-electron chi connectivity index (χ3n) is 4.62. The molecule has 1 aliphatic heterocycles. The third kappa shape index (κ3) is 5.56. The second-order valence-electron chi connectivity index (χ2n) is 6.91. The molecule has 7 nitrogen and oxygen atoms in total. The zero-order chi connectivity index (χ0) is 19.1. The van der Waals surface area contributed by atoms with E-state index in [1.54, 1.807) is 9.80 Å². The standard InChI is InChI=1S/C19H28N4O3/c1-14(2)18(20)19(26)21-13-17(25)23-10-8-22(9-11-23)16(24)12-15-6-4-3-5-7-15/h3-7,14,18H,8-13,20H2,1-2H3,(H,21,26)/t18-/m0/s1. The van der Waals surface area contributed by atoms with Crippen molar-refractivity contribution in [3.8, 4) is 0 Å². The predicted molar refractivity (Wildman–Crippen MR) is 99.1 cm³/mol. The number of hydrogen-bond acceptors (Lipinski definition) is 4. The van der Waals surface area contributed by atoms with Gasteiger partial charge < -0.3 is 20.9 Å². The summed E-state index contributed by atoms with van der Waals surface area (Å²) in [6, 6.07) is 9.00. The van der Waals surface area contributed by atoms with Crippen molar-refractivity contribution in [3.05, 3.63) is 35.9 Å². The molecule has 1 aromatic rings. The number of rotatable bonds is 6. The first-order chi connectivity index (χ1) is 12.4. The van der Waals surface area contributed by atoms with Crippen LogP contribution in [0, 0.1) is 5.92 Å². The van der Waals surface area contributed by atoms with Gasteiger partial charge in [0.25, 0.3) is 0 Å². The first kappa shape index (κ1) is 19.9. The molecule has 0 spiro atoms. The van der Waals surface area contributed by atoms with Gasteiger partial charge in [0.05, 0.1) is 19.0 Å². The number of hydrogen-bond donors (Lipinski definition) is 2. The van der Waals surface area contributed by atoms with Gasteiger partial charge in [-0.05, 0) is 11.5 Å². The fourth-order valence-electron chi connectivity index (χ4n) is 2.78. The summed E-state index contributed by atoms with van der Waals surface area (Å²) in [5.74, 6) is -0.377. The largest absolute Gasteiger partial charge is 0.346 e. The van der Waals surface area contributed by atoms with E-state index < -0.39 is 6.04 Å². The summed E-state index contributed by atoms with van der Waals surface area (Å²) in [7, 11) is 0. The molecule has 3 N–H and O–H groups in total. The van der Waals surface area contributed by atoms with E-state index in [0.29, 0.717) is 32.6 Å². The maximum Gasteiger partial charge on any atom is 0.242 e. The van der Waals surface area contributed by atoms with Crippen molar-refractivity contribution in [2.75, 3.05) is 32.7 Å². The first-order valence-corrected chi connectivity index (χ1v) is 9.01. The van der Waals surface area contributed by atoms with Crippen molar-refractivity contribution in [1.82, 2.24) is 15.1 Å². The topological polar surface area (TPSA) is 95.7 Å². The van der Waals surface area contributed by atoms with Crippen LogP contribution in [0.1, 0.15) is 19.4 Å². The highest BCUT2D eigenvalue weighted by molar-refractivity contribution is 5.87. The minimum absolute atomic E-state index is 0.0178. The summed E-state index contributed by atoms with van der Waals surface area (Å²) in [5, 5.41) is 2.59. The Bertz CT molecular complexity index is 625. The molecule has 0 saturated carbocycles. The van der Waals surface area contributed by atoms with Gasteiger partial charge in [0.15, 0.2) is 0 Å². The van der Waals surface area contributed by atoms with Gasteiger partial charge in [0, 0.05) is 26.2 Å². The maximum atomic E-state index is 12.3. The van der Waals surface area contributed by atoms with E-state index >= 15 is 0 Å². The lowest BCUT2D eigenvalue weighted by Gasteiger charge is -2.35. The Morgan fingerprint density at radius 2 is 1.54 bits per heavy atom. The number of carbonyl (C=O) groups excluding carboxylic acids is 3. The Labute approximate surface area is 154 Å². The molecule has 1 heterocycles. The summed E-state index contributed by atoms with van der Waals surface area (Å²) >= 11 is 0. The second kappa shape index (κ2) is 9.33. The van der Waals surface area contributed by atoms with Crippen molar-refractivity contribution in [2.24, 2.45) is 11.7 Å². The van der Waals surface area contributed by atoms with Gasteiger partial charge in [-0.1, -0.05) is 44.2 Å². The van der Waals surface area contributed by atoms with Crippen molar-refractivity contribution in [1.29, 1.82) is 0 Å². The van der Waals surface area contributed by atoms with Gasteiger partial charge in [0.1, 0.15) is 0 Å². The summed E-state index contributed by atoms with van der Waals surface area (Å²) in [6.45, 7) is 5.64. The van der Waals surface area contributed by atoms with Gasteiger partial charge in [-0.15, -0.1) is 0 Å². The normalized spacial score (nSPS) is 15.7. The smallest absolute Gasteiger partial charge is 0.242 e. The molecule has 0 unspecified atom stereocenters. The molecule has 1 atom stereocenters. The van der Waals surface area contributed by atoms with E-state index in [4.69, 9.17) is 5.73 Å². The fourth-order valence-corrected chi connectivity index (χ4v) is 2.78. The van der Waals surface area contributed by atoms with E-state index in [2.05, 4.69) is 5.32 Å². The molecule has 0 aromatic heterocycles. The van der Waals surface area contributed by atoms with Crippen molar-refractivity contribution in [3.63, 3.8) is 0 Å². The van der Waals surface area contributed by atoms with Crippen LogP contribution in [0.4, 0.5) is 0 Å². The zero-order valence-electron chi connectivity index (χ0n) is 15.5. The van der Waals surface area contributed by atoms with Crippen LogP contribution in [0.25, 0.3) is 0 Å². The van der Waals surface area contributed by atoms with Crippen LogP contribution in [0.5, 0.6) is 0 Å². The summed E-state index contributed by atoms with van der Waals surface area (Å²) in [4.78, 5) is 39.9. The van der Waals surface area contributed by atoms with Crippen LogP contribution in [0.3, 0.4) is 0 Å². The van der Waals surface area contributed by atoms with Crippen molar-refractivity contribution < 1.29 is 14.4 Å².